The number of hydrogen-bond acceptors (Lipinski definition) is 7. The fraction of sp³-hybridized carbons (Fsp3) is 0.467. The van der Waals surface area contributed by atoms with Gasteiger partial charge in [-0.3, -0.25) is 9.69 Å². The minimum absolute atomic E-state index is 0.0909. The lowest BCUT2D eigenvalue weighted by atomic mass is 9.89. The van der Waals surface area contributed by atoms with Gasteiger partial charge in [-0.05, 0) is 98.3 Å². The maximum Gasteiger partial charge on any atom is 0.253 e. The lowest BCUT2D eigenvalue weighted by Crippen LogP contribution is -2.41. The predicted octanol–water partition coefficient (Wildman–Crippen LogP) is 4.14. The molecule has 204 valence electrons. The summed E-state index contributed by atoms with van der Waals surface area (Å²) in [6.45, 7) is 5.64. The van der Waals surface area contributed by atoms with E-state index >= 15 is 0 Å². The molecule has 2 saturated heterocycles. The van der Waals surface area contributed by atoms with Crippen molar-refractivity contribution in [1.29, 1.82) is 0 Å². The van der Waals surface area contributed by atoms with E-state index in [1.807, 2.05) is 35.9 Å². The first-order valence-corrected chi connectivity index (χ1v) is 14.1. The average Bonchev–Trinajstić information content (AvgIpc) is 3.64. The molecule has 2 aromatic heterocycles. The Balaban J connectivity index is 1.33. The van der Waals surface area contributed by atoms with Crippen LogP contribution in [0, 0.1) is 5.92 Å². The van der Waals surface area contributed by atoms with Crippen LogP contribution >= 0.6 is 0 Å². The van der Waals surface area contributed by atoms with Crippen molar-refractivity contribution in [2.75, 3.05) is 26.3 Å². The average molecular weight is 529 g/mol. The molecule has 2 aliphatic rings. The number of aromatic nitrogens is 5. The van der Waals surface area contributed by atoms with E-state index in [-0.39, 0.29) is 17.7 Å². The van der Waals surface area contributed by atoms with Gasteiger partial charge in [0.15, 0.2) is 5.82 Å². The van der Waals surface area contributed by atoms with Gasteiger partial charge in [0.2, 0.25) is 0 Å². The van der Waals surface area contributed by atoms with Gasteiger partial charge < -0.3 is 14.5 Å². The number of tetrazole rings is 1. The Morgan fingerprint density at radius 1 is 1.10 bits per heavy atom. The van der Waals surface area contributed by atoms with Gasteiger partial charge in [-0.2, -0.15) is 0 Å². The van der Waals surface area contributed by atoms with Crippen molar-refractivity contribution in [2.24, 2.45) is 5.92 Å². The number of likely N-dealkylation sites (tertiary alicyclic amines) is 1. The molecular weight excluding hydrogens is 492 g/mol. The molecule has 2 fully saturated rings. The Labute approximate surface area is 228 Å². The van der Waals surface area contributed by atoms with Crippen LogP contribution in [0.2, 0.25) is 0 Å². The first kappa shape index (κ1) is 25.7. The first-order valence-electron chi connectivity index (χ1n) is 14.1. The van der Waals surface area contributed by atoms with Gasteiger partial charge in [0.25, 0.3) is 5.56 Å². The number of aromatic amines is 1. The molecule has 2 aliphatic heterocycles. The zero-order chi connectivity index (χ0) is 26.6. The molecule has 0 spiro atoms. The van der Waals surface area contributed by atoms with Gasteiger partial charge in [-0.15, -0.1) is 5.10 Å². The van der Waals surface area contributed by atoms with Crippen molar-refractivity contribution < 1.29 is 9.47 Å². The van der Waals surface area contributed by atoms with Crippen molar-refractivity contribution in [3.8, 4) is 5.75 Å². The number of piperidine rings is 1. The van der Waals surface area contributed by atoms with E-state index in [9.17, 15) is 4.79 Å². The van der Waals surface area contributed by atoms with Crippen LogP contribution in [0.4, 0.5) is 0 Å². The Hall–Kier alpha value is -3.56. The number of rotatable bonds is 9. The molecule has 9 nitrogen and oxygen atoms in total. The highest BCUT2D eigenvalue weighted by molar-refractivity contribution is 5.80. The van der Waals surface area contributed by atoms with Crippen LogP contribution in [0.1, 0.15) is 55.6 Å². The highest BCUT2D eigenvalue weighted by Gasteiger charge is 2.34. The molecule has 2 atom stereocenters. The van der Waals surface area contributed by atoms with Crippen LogP contribution in [-0.4, -0.2) is 62.5 Å². The Morgan fingerprint density at radius 3 is 2.72 bits per heavy atom. The zero-order valence-corrected chi connectivity index (χ0v) is 22.5. The monoisotopic (exact) mass is 528 g/mol. The van der Waals surface area contributed by atoms with E-state index in [1.165, 1.54) is 5.56 Å². The number of nitrogens with zero attached hydrogens (tertiary/aromatic N) is 5. The fourth-order valence-electron chi connectivity index (χ4n) is 6.04. The molecule has 9 heteroatoms. The van der Waals surface area contributed by atoms with Gasteiger partial charge in [-0.1, -0.05) is 30.3 Å². The summed E-state index contributed by atoms with van der Waals surface area (Å²) in [5.74, 6) is 2.08. The standard InChI is InChI=1S/C30H36N6O3/c1-2-38-24-10-11-27-23(18-24)19-26(30(37)31-27)28(29-32-33-34-36(29)20-25-9-6-16-39-25)35-14-12-22(13-15-35)17-21-7-4-3-5-8-21/h3-5,7-8,10-11,18-19,22,25,28H,2,6,9,12-17,20H2,1H3,(H,31,37)/t25-,28-/m0/s1. The van der Waals surface area contributed by atoms with E-state index < -0.39 is 0 Å². The van der Waals surface area contributed by atoms with Crippen molar-refractivity contribution >= 4 is 10.9 Å². The zero-order valence-electron chi connectivity index (χ0n) is 22.5. The maximum atomic E-state index is 13.6. The van der Waals surface area contributed by atoms with Crippen molar-refractivity contribution in [3.05, 3.63) is 81.9 Å². The minimum atomic E-state index is -0.358. The van der Waals surface area contributed by atoms with E-state index in [1.54, 1.807) is 0 Å². The molecule has 0 bridgehead atoms. The largest absolute Gasteiger partial charge is 0.494 e. The molecule has 6 rings (SSSR count). The SMILES string of the molecule is CCOc1ccc2[nH]c(=O)c([C@@H](c3nnnn3C[C@@H]3CCCO3)N3CCC(Cc4ccccc4)CC3)cc2c1. The fourth-order valence-corrected chi connectivity index (χ4v) is 6.04. The number of ether oxygens (including phenoxy) is 2. The van der Waals surface area contributed by atoms with Crippen molar-refractivity contribution in [3.63, 3.8) is 0 Å². The molecule has 39 heavy (non-hydrogen) atoms. The number of nitrogens with one attached hydrogen (secondary N) is 1. The predicted molar refractivity (Wildman–Crippen MR) is 149 cm³/mol. The summed E-state index contributed by atoms with van der Waals surface area (Å²) in [6, 6.07) is 18.1. The van der Waals surface area contributed by atoms with Crippen molar-refractivity contribution in [1.82, 2.24) is 30.1 Å². The van der Waals surface area contributed by atoms with Crippen LogP contribution in [0.5, 0.6) is 5.75 Å². The van der Waals surface area contributed by atoms with Crippen LogP contribution < -0.4 is 10.3 Å². The van der Waals surface area contributed by atoms with Crippen LogP contribution in [0.25, 0.3) is 10.9 Å². The summed E-state index contributed by atoms with van der Waals surface area (Å²) >= 11 is 0. The number of H-pyrrole nitrogens is 1. The number of hydrogen-bond donors (Lipinski definition) is 1. The summed E-state index contributed by atoms with van der Waals surface area (Å²) in [5.41, 5.74) is 2.70. The summed E-state index contributed by atoms with van der Waals surface area (Å²) in [6.07, 6.45) is 5.32. The summed E-state index contributed by atoms with van der Waals surface area (Å²) < 4.78 is 13.5. The quantitative estimate of drug-likeness (QED) is 0.349. The van der Waals surface area contributed by atoms with Gasteiger partial charge in [-0.25, -0.2) is 4.68 Å². The lowest BCUT2D eigenvalue weighted by Gasteiger charge is -2.37. The smallest absolute Gasteiger partial charge is 0.253 e. The van der Waals surface area contributed by atoms with E-state index in [4.69, 9.17) is 9.47 Å². The molecule has 1 N–H and O–H groups in total. The molecule has 0 unspecified atom stereocenters. The third-order valence-electron chi connectivity index (χ3n) is 8.04. The minimum Gasteiger partial charge on any atom is -0.494 e. The van der Waals surface area contributed by atoms with E-state index in [2.05, 4.69) is 55.7 Å². The maximum absolute atomic E-state index is 13.6. The molecule has 0 aliphatic carbocycles. The molecule has 0 saturated carbocycles. The molecule has 2 aromatic carbocycles. The third-order valence-corrected chi connectivity index (χ3v) is 8.04. The van der Waals surface area contributed by atoms with Crippen LogP contribution in [0.3, 0.4) is 0 Å². The summed E-state index contributed by atoms with van der Waals surface area (Å²) in [5, 5.41) is 13.8. The lowest BCUT2D eigenvalue weighted by molar-refractivity contribution is 0.0892. The second-order valence-electron chi connectivity index (χ2n) is 10.7. The molecular formula is C30H36N6O3. The third kappa shape index (κ3) is 5.74. The van der Waals surface area contributed by atoms with Gasteiger partial charge in [0.1, 0.15) is 11.8 Å². The molecule has 0 amide bonds. The van der Waals surface area contributed by atoms with Crippen molar-refractivity contribution in [2.45, 2.75) is 57.7 Å². The Kier molecular flexibility index (Phi) is 7.69. The summed E-state index contributed by atoms with van der Waals surface area (Å²) in [4.78, 5) is 19.0. The highest BCUT2D eigenvalue weighted by atomic mass is 16.5. The molecule has 4 heterocycles. The normalized spacial score (nSPS) is 19.5. The second-order valence-corrected chi connectivity index (χ2v) is 10.7. The second kappa shape index (κ2) is 11.7. The topological polar surface area (TPSA) is 98.2 Å². The van der Waals surface area contributed by atoms with E-state index in [0.717, 1.165) is 68.5 Å². The van der Waals surface area contributed by atoms with Gasteiger partial charge in [0.05, 0.1) is 19.3 Å². The number of pyridine rings is 1. The Morgan fingerprint density at radius 2 is 1.95 bits per heavy atom. The van der Waals surface area contributed by atoms with Crippen LogP contribution in [-0.2, 0) is 17.7 Å². The first-order chi connectivity index (χ1) is 19.2. The summed E-state index contributed by atoms with van der Waals surface area (Å²) in [7, 11) is 0. The number of benzene rings is 2. The van der Waals surface area contributed by atoms with Gasteiger partial charge in [0, 0.05) is 23.1 Å². The van der Waals surface area contributed by atoms with Gasteiger partial charge >= 0.3 is 0 Å². The highest BCUT2D eigenvalue weighted by Crippen LogP contribution is 2.33. The van der Waals surface area contributed by atoms with E-state index in [0.29, 0.717) is 30.5 Å². The molecule has 0 radical (unpaired) electrons. The molecule has 4 aromatic rings. The Bertz CT molecular complexity index is 1440. The van der Waals surface area contributed by atoms with Crippen LogP contribution in [0.15, 0.2) is 59.4 Å². The number of fused-ring (bicyclic) bond motifs is 1.